The summed E-state index contributed by atoms with van der Waals surface area (Å²) in [6, 6.07) is 89.3. The number of benzene rings is 7. The Morgan fingerprint density at radius 1 is 0.465 bits per heavy atom. The van der Waals surface area contributed by atoms with E-state index >= 15 is 0 Å². The van der Waals surface area contributed by atoms with E-state index in [0.717, 1.165) is 95.7 Å². The number of hydrogen-bond donors (Lipinski definition) is 3. The minimum Gasteiger partial charge on any atom is -0.481 e. The standard InChI is InChI=1S/C17H19N3O2.2C15H15N3O2.C13H14N2O2.C12H11N3.C11H11ClN2.C11H12N2O.C5H9BrO/c1-3-22-17(21)10-9-14(12-18)15-11-16(20(2)19-15)13-7-5-4-6-8-13;1-18-13(10-5-3-2-4-6-10)9-12(17-18)11-7-8-14(19)16-15(11)20;1-18-14(11-5-3-2-4-6-11)9-13(17-18)12(10-16)7-8-15(19)20;1-3-17-13(16)11-9-12(15(2)14-11)10-7-5-4-6-8-10;1-15-12(9-11(14-15)7-8-13)10-5-3-2-4-6-10;1-14-11(7-10(8-12)13-14)9-5-3-2-4-6-9;1-13-11(7-10(8-14)12-13)9-5-3-2-4-6-9;1-2-5(7)3-4-6/h4-8,11,14H,3,9-10H2,1-2H3;2-6,9,11H,7-8H2,1H3,(H,16,19,20);2-6,9,12H,7-8H2,1H3,(H,19,20);4-9H,3H2,1-2H3;2-6,9H,7H2,1H3;2-7H,8H2,1H3;2-7,14H,8H2,1H3;2-4H2,1H3. The lowest BCUT2D eigenvalue weighted by atomic mass is 9.94. The highest BCUT2D eigenvalue weighted by molar-refractivity contribution is 9.09. The molecule has 0 spiro atoms. The number of aliphatic hydroxyl groups is 1. The number of nitrogens with one attached hydrogen (secondary N) is 1. The maximum absolute atomic E-state index is 11.9. The maximum Gasteiger partial charge on any atom is 0.358 e. The lowest BCUT2D eigenvalue weighted by Gasteiger charge is -2.18. The Morgan fingerprint density at radius 3 is 1.16 bits per heavy atom. The summed E-state index contributed by atoms with van der Waals surface area (Å²) in [6.45, 7) is 6.13. The number of carboxylic acid groups (broad SMARTS) is 1. The number of aliphatic hydroxyl groups excluding tert-OH is 1. The normalized spacial score (nSPS) is 12.0. The summed E-state index contributed by atoms with van der Waals surface area (Å²) in [5.41, 5.74) is 19.2. The molecular formula is C99H106BrClN18O10. The minimum absolute atomic E-state index is 0.0132. The molecule has 2 amide bonds. The Hall–Kier alpha value is -14.6. The number of esters is 2. The number of rotatable bonds is 25. The molecule has 0 bridgehead atoms. The van der Waals surface area contributed by atoms with E-state index in [0.29, 0.717) is 86.2 Å². The average Bonchev–Trinajstić information content (AvgIpc) is 1.68. The molecule has 28 nitrogen and oxygen atoms in total. The molecular weight excluding hydrogens is 1720 g/mol. The first-order chi connectivity index (χ1) is 62.4. The van der Waals surface area contributed by atoms with Crippen LogP contribution < -0.4 is 5.32 Å². The molecule has 30 heteroatoms. The second-order valence-corrected chi connectivity index (χ2v) is 30.2. The van der Waals surface area contributed by atoms with Crippen LogP contribution in [0.4, 0.5) is 0 Å². The number of hydrogen-bond acceptors (Lipinski definition) is 19. The van der Waals surface area contributed by atoms with E-state index in [1.807, 2.05) is 302 Å². The Balaban J connectivity index is 0.000000184. The van der Waals surface area contributed by atoms with Gasteiger partial charge in [-0.05, 0) is 115 Å². The van der Waals surface area contributed by atoms with Gasteiger partial charge in [0.05, 0.1) is 142 Å². The number of ether oxygens (including phenoxy) is 2. The summed E-state index contributed by atoms with van der Waals surface area (Å²) in [5, 5.41) is 78.0. The second-order valence-electron chi connectivity index (χ2n) is 29.1. The van der Waals surface area contributed by atoms with Gasteiger partial charge in [-0.15, -0.1) is 11.6 Å². The number of imide groups is 1. The molecule has 0 saturated carbocycles. The smallest absolute Gasteiger partial charge is 0.358 e. The van der Waals surface area contributed by atoms with Gasteiger partial charge in [-0.2, -0.15) is 51.5 Å². The molecule has 0 radical (unpaired) electrons. The van der Waals surface area contributed by atoms with Crippen LogP contribution in [0.5, 0.6) is 0 Å². The largest absolute Gasteiger partial charge is 0.481 e. The number of piperidine rings is 1. The minimum atomic E-state index is -0.899. The van der Waals surface area contributed by atoms with E-state index in [-0.39, 0.29) is 55.5 Å². The molecule has 8 heterocycles. The van der Waals surface area contributed by atoms with Crippen molar-refractivity contribution in [1.82, 2.24) is 73.8 Å². The molecule has 3 atom stereocenters. The third-order valence-corrected chi connectivity index (χ3v) is 20.5. The van der Waals surface area contributed by atoms with Crippen LogP contribution in [0.2, 0.25) is 0 Å². The van der Waals surface area contributed by atoms with E-state index in [2.05, 4.69) is 87.3 Å². The zero-order chi connectivity index (χ0) is 93.2. The lowest BCUT2D eigenvalue weighted by molar-refractivity contribution is -0.143. The number of halogens is 2. The van der Waals surface area contributed by atoms with Crippen LogP contribution in [-0.4, -0.2) is 133 Å². The zero-order valence-electron chi connectivity index (χ0n) is 73.9. The highest BCUT2D eigenvalue weighted by atomic mass is 79.9. The number of nitrogens with zero attached hydrogens (tertiary/aromatic N) is 17. The van der Waals surface area contributed by atoms with Crippen molar-refractivity contribution in [3.05, 3.63) is 295 Å². The highest BCUT2D eigenvalue weighted by Gasteiger charge is 2.31. The monoisotopic (exact) mass is 1820 g/mol. The molecule has 15 rings (SSSR count). The molecule has 1 fully saturated rings. The molecule has 1 saturated heterocycles. The van der Waals surface area contributed by atoms with Crippen molar-refractivity contribution in [3.63, 3.8) is 0 Å². The summed E-state index contributed by atoms with van der Waals surface area (Å²) >= 11 is 8.89. The maximum atomic E-state index is 11.9. The quantitative estimate of drug-likeness (QED) is 0.0272. The third kappa shape index (κ3) is 30.6. The Morgan fingerprint density at radius 2 is 0.814 bits per heavy atom. The summed E-state index contributed by atoms with van der Waals surface area (Å²) in [6.07, 6.45) is 3.49. The van der Waals surface area contributed by atoms with Crippen LogP contribution >= 0.6 is 27.5 Å². The van der Waals surface area contributed by atoms with Gasteiger partial charge in [0.25, 0.3) is 0 Å². The van der Waals surface area contributed by atoms with Crippen molar-refractivity contribution in [2.45, 2.75) is 109 Å². The van der Waals surface area contributed by atoms with Gasteiger partial charge in [0.15, 0.2) is 5.69 Å². The van der Waals surface area contributed by atoms with Gasteiger partial charge in [-0.25, -0.2) is 4.79 Å². The van der Waals surface area contributed by atoms with Crippen LogP contribution in [0.25, 0.3) is 78.8 Å². The number of carbonyl (C=O) groups is 6. The van der Waals surface area contributed by atoms with Gasteiger partial charge >= 0.3 is 17.9 Å². The number of nitriles is 3. The van der Waals surface area contributed by atoms with Crippen LogP contribution in [0.3, 0.4) is 0 Å². The Kier molecular flexibility index (Phi) is 40.6. The number of ketones is 1. The van der Waals surface area contributed by atoms with Gasteiger partial charge in [0.2, 0.25) is 11.8 Å². The van der Waals surface area contributed by atoms with Crippen molar-refractivity contribution in [2.24, 2.45) is 49.3 Å². The summed E-state index contributed by atoms with van der Waals surface area (Å²) in [5.74, 6) is -2.46. The molecule has 3 N–H and O–H groups in total. The number of Topliss-reactive ketones (excluding diaryl/α,β-unsaturated/α-hetero) is 1. The fraction of sp³-hybridized carbons (Fsp3) is 0.273. The number of carbonyl (C=O) groups excluding carboxylic acids is 5. The van der Waals surface area contributed by atoms with Gasteiger partial charge in [-0.1, -0.05) is 235 Å². The molecule has 1 aliphatic heterocycles. The van der Waals surface area contributed by atoms with Crippen molar-refractivity contribution < 1.29 is 48.5 Å². The van der Waals surface area contributed by atoms with E-state index in [9.17, 15) is 39.3 Å². The predicted molar refractivity (Wildman–Crippen MR) is 500 cm³/mol. The molecule has 7 aromatic heterocycles. The van der Waals surface area contributed by atoms with Crippen molar-refractivity contribution in [1.29, 1.82) is 15.8 Å². The molecule has 3 unspecified atom stereocenters. The number of aryl methyl sites for hydroxylation is 7. The summed E-state index contributed by atoms with van der Waals surface area (Å²) < 4.78 is 22.2. The van der Waals surface area contributed by atoms with E-state index in [1.165, 1.54) is 5.56 Å². The van der Waals surface area contributed by atoms with Crippen LogP contribution in [0, 0.1) is 34.0 Å². The van der Waals surface area contributed by atoms with Gasteiger partial charge in [-0.3, -0.25) is 62.1 Å². The van der Waals surface area contributed by atoms with E-state index in [4.69, 9.17) is 36.5 Å². The summed E-state index contributed by atoms with van der Waals surface area (Å²) in [7, 11) is 13.0. The Bertz CT molecular complexity index is 5930. The highest BCUT2D eigenvalue weighted by Crippen LogP contribution is 2.32. The van der Waals surface area contributed by atoms with Crippen LogP contribution in [-0.2, 0) is 102 Å². The van der Waals surface area contributed by atoms with Crippen molar-refractivity contribution in [3.8, 4) is 97.0 Å². The molecule has 129 heavy (non-hydrogen) atoms. The number of alkyl halides is 2. The second kappa shape index (κ2) is 52.4. The molecule has 666 valence electrons. The number of amides is 2. The fourth-order valence-electron chi connectivity index (χ4n) is 13.4. The zero-order valence-corrected chi connectivity index (χ0v) is 76.2. The van der Waals surface area contributed by atoms with E-state index in [1.54, 1.807) is 43.3 Å². The lowest BCUT2D eigenvalue weighted by Crippen LogP contribution is -2.39. The summed E-state index contributed by atoms with van der Waals surface area (Å²) in [4.78, 5) is 67.0. The Labute approximate surface area is 764 Å². The van der Waals surface area contributed by atoms with Crippen LogP contribution in [0.15, 0.2) is 255 Å². The van der Waals surface area contributed by atoms with Crippen LogP contribution in [0.1, 0.15) is 135 Å². The number of carboxylic acids is 1. The first-order valence-corrected chi connectivity index (χ1v) is 43.4. The van der Waals surface area contributed by atoms with Gasteiger partial charge in [0.1, 0.15) is 5.78 Å². The van der Waals surface area contributed by atoms with Gasteiger partial charge < -0.3 is 19.7 Å². The number of aromatic nitrogens is 14. The first-order valence-electron chi connectivity index (χ1n) is 41.8. The number of aliphatic carboxylic acids is 1. The molecule has 14 aromatic rings. The molecule has 7 aromatic carbocycles. The third-order valence-electron chi connectivity index (χ3n) is 19.9. The topological polar surface area (TPSA) is 369 Å². The van der Waals surface area contributed by atoms with Crippen molar-refractivity contribution >= 4 is 63.0 Å². The fourth-order valence-corrected chi connectivity index (χ4v) is 13.9. The predicted octanol–water partition coefficient (Wildman–Crippen LogP) is 17.8. The SMILES string of the molecule is CCC(=O)CCBr.CCOC(=O)CCC(C#N)c1cc(-c2ccccc2)n(C)n1.CCOC(=O)c1cc(-c2ccccc2)n(C)n1.Cn1nc(C(C#N)CCC(=O)O)cc1-c1ccccc1.Cn1nc(C2CCC(=O)NC2=O)cc1-c1ccccc1.Cn1nc(CC#N)cc1-c1ccccc1.Cn1nc(CCl)cc1-c1ccccc1.Cn1nc(CO)cc1-c1ccccc1. The van der Waals surface area contributed by atoms with E-state index < -0.39 is 17.8 Å². The molecule has 1 aliphatic rings. The van der Waals surface area contributed by atoms with Crippen molar-refractivity contribution in [2.75, 3.05) is 18.5 Å². The molecule has 0 aliphatic carbocycles. The first kappa shape index (κ1) is 99.8. The average molecular weight is 1820 g/mol. The van der Waals surface area contributed by atoms with Gasteiger partial charge in [0, 0.05) is 86.8 Å².